The van der Waals surface area contributed by atoms with E-state index in [2.05, 4.69) is 15.1 Å². The molecule has 2 aromatic rings. The second-order valence-corrected chi connectivity index (χ2v) is 3.15. The minimum absolute atomic E-state index is 0.0688. The zero-order valence-corrected chi connectivity index (χ0v) is 9.20. The number of rotatable bonds is 3. The second-order valence-electron chi connectivity index (χ2n) is 3.15. The third kappa shape index (κ3) is 2.22. The van der Waals surface area contributed by atoms with Crippen molar-refractivity contribution in [2.45, 2.75) is 6.92 Å². The van der Waals surface area contributed by atoms with Gasteiger partial charge in [-0.1, -0.05) is 0 Å². The third-order valence-electron chi connectivity index (χ3n) is 1.97. The highest BCUT2D eigenvalue weighted by molar-refractivity contribution is 5.92. The number of aromatic nitrogens is 4. The fourth-order valence-corrected chi connectivity index (χ4v) is 1.26. The predicted molar refractivity (Wildman–Crippen MR) is 59.5 cm³/mol. The van der Waals surface area contributed by atoms with Gasteiger partial charge in [0.2, 0.25) is 0 Å². The van der Waals surface area contributed by atoms with Crippen LogP contribution in [0.15, 0.2) is 24.7 Å². The monoisotopic (exact) mass is 233 g/mol. The van der Waals surface area contributed by atoms with Crippen LogP contribution in [0, 0.1) is 0 Å². The highest BCUT2D eigenvalue weighted by Gasteiger charge is 2.17. The lowest BCUT2D eigenvalue weighted by Crippen LogP contribution is -2.09. The van der Waals surface area contributed by atoms with E-state index < -0.39 is 5.97 Å². The van der Waals surface area contributed by atoms with Crippen molar-refractivity contribution in [3.63, 3.8) is 0 Å². The molecule has 0 aliphatic heterocycles. The van der Waals surface area contributed by atoms with Gasteiger partial charge in [-0.15, -0.1) is 0 Å². The van der Waals surface area contributed by atoms with Crippen molar-refractivity contribution in [1.82, 2.24) is 19.7 Å². The number of nitrogens with two attached hydrogens (primary N) is 1. The van der Waals surface area contributed by atoms with Gasteiger partial charge in [-0.05, 0) is 13.0 Å². The van der Waals surface area contributed by atoms with E-state index in [0.29, 0.717) is 5.95 Å². The molecule has 2 aromatic heterocycles. The van der Waals surface area contributed by atoms with Gasteiger partial charge < -0.3 is 10.5 Å². The van der Waals surface area contributed by atoms with E-state index in [0.717, 1.165) is 0 Å². The quantitative estimate of drug-likeness (QED) is 0.772. The van der Waals surface area contributed by atoms with Crippen LogP contribution in [0.2, 0.25) is 0 Å². The Hall–Kier alpha value is -2.44. The Kier molecular flexibility index (Phi) is 2.99. The average Bonchev–Trinajstić information content (AvgIpc) is 2.73. The number of nitrogens with zero attached hydrogens (tertiary/aromatic N) is 4. The lowest BCUT2D eigenvalue weighted by molar-refractivity contribution is 0.0520. The van der Waals surface area contributed by atoms with Gasteiger partial charge in [-0.3, -0.25) is 0 Å². The van der Waals surface area contributed by atoms with Gasteiger partial charge in [0.25, 0.3) is 5.95 Å². The zero-order valence-electron chi connectivity index (χ0n) is 9.20. The molecule has 0 spiro atoms. The van der Waals surface area contributed by atoms with Crippen molar-refractivity contribution in [2.75, 3.05) is 12.3 Å². The molecule has 0 aliphatic rings. The summed E-state index contributed by atoms with van der Waals surface area (Å²) in [6.45, 7) is 1.98. The van der Waals surface area contributed by atoms with Crippen LogP contribution >= 0.6 is 0 Å². The van der Waals surface area contributed by atoms with Crippen molar-refractivity contribution >= 4 is 11.7 Å². The largest absolute Gasteiger partial charge is 0.461 e. The summed E-state index contributed by atoms with van der Waals surface area (Å²) in [4.78, 5) is 19.5. The van der Waals surface area contributed by atoms with Gasteiger partial charge in [0.1, 0.15) is 0 Å². The third-order valence-corrected chi connectivity index (χ3v) is 1.97. The minimum Gasteiger partial charge on any atom is -0.461 e. The number of carbonyl (C=O) groups excluding carboxylic acids is 1. The minimum atomic E-state index is -0.556. The second kappa shape index (κ2) is 4.60. The lowest BCUT2D eigenvalue weighted by Gasteiger charge is -1.98. The van der Waals surface area contributed by atoms with E-state index in [4.69, 9.17) is 10.5 Å². The summed E-state index contributed by atoms with van der Waals surface area (Å²) in [6, 6.07) is 1.68. The summed E-state index contributed by atoms with van der Waals surface area (Å²) in [6.07, 6.45) is 4.62. The molecule has 2 N–H and O–H groups in total. The molecule has 17 heavy (non-hydrogen) atoms. The highest BCUT2D eigenvalue weighted by atomic mass is 16.5. The van der Waals surface area contributed by atoms with Crippen LogP contribution in [-0.4, -0.2) is 32.3 Å². The van der Waals surface area contributed by atoms with Crippen LogP contribution in [0.3, 0.4) is 0 Å². The summed E-state index contributed by atoms with van der Waals surface area (Å²) in [5, 5.41) is 3.99. The molecule has 0 amide bonds. The predicted octanol–water partition coefficient (Wildman–Crippen LogP) is 0.421. The Morgan fingerprint density at radius 3 is 2.82 bits per heavy atom. The van der Waals surface area contributed by atoms with Gasteiger partial charge in [0, 0.05) is 12.4 Å². The maximum absolute atomic E-state index is 11.5. The molecule has 0 radical (unpaired) electrons. The van der Waals surface area contributed by atoms with Crippen LogP contribution < -0.4 is 5.73 Å². The molecule has 0 unspecified atom stereocenters. The van der Waals surface area contributed by atoms with E-state index in [1.165, 1.54) is 10.9 Å². The summed E-state index contributed by atoms with van der Waals surface area (Å²) < 4.78 is 6.16. The zero-order chi connectivity index (χ0) is 12.3. The van der Waals surface area contributed by atoms with Crippen LogP contribution in [0.4, 0.5) is 5.69 Å². The Morgan fingerprint density at radius 1 is 1.47 bits per heavy atom. The van der Waals surface area contributed by atoms with Crippen LogP contribution in [-0.2, 0) is 4.74 Å². The molecular formula is C10H11N5O2. The first-order chi connectivity index (χ1) is 8.22. The maximum atomic E-state index is 11.5. The molecule has 0 aliphatic carbocycles. The Bertz CT molecular complexity index is 523. The fraction of sp³-hybridized carbons (Fsp3) is 0.200. The topological polar surface area (TPSA) is 95.9 Å². The molecule has 2 rings (SSSR count). The normalized spacial score (nSPS) is 10.2. The first-order valence-electron chi connectivity index (χ1n) is 5.02. The van der Waals surface area contributed by atoms with Crippen molar-refractivity contribution in [1.29, 1.82) is 0 Å². The fourth-order valence-electron chi connectivity index (χ4n) is 1.26. The molecule has 0 saturated carbocycles. The Morgan fingerprint density at radius 2 is 2.18 bits per heavy atom. The Balaban J connectivity index is 2.34. The molecule has 0 atom stereocenters. The number of nitrogen functional groups attached to an aromatic ring is 1. The van der Waals surface area contributed by atoms with Gasteiger partial charge in [-0.2, -0.15) is 5.10 Å². The van der Waals surface area contributed by atoms with E-state index in [1.807, 2.05) is 0 Å². The van der Waals surface area contributed by atoms with E-state index in [-0.39, 0.29) is 18.0 Å². The lowest BCUT2D eigenvalue weighted by atomic mass is 10.4. The molecule has 7 nitrogen and oxygen atoms in total. The molecule has 0 aromatic carbocycles. The standard InChI is InChI=1S/C10H11N5O2/c1-2-17-9(16)8-7(11)6-15(14-8)10-12-4-3-5-13-10/h3-6H,2,11H2,1H3. The molecule has 0 bridgehead atoms. The molecule has 0 fully saturated rings. The maximum Gasteiger partial charge on any atom is 0.361 e. The van der Waals surface area contributed by atoms with Crippen molar-refractivity contribution in [2.24, 2.45) is 0 Å². The van der Waals surface area contributed by atoms with E-state index in [1.54, 1.807) is 25.4 Å². The van der Waals surface area contributed by atoms with Gasteiger partial charge in [-0.25, -0.2) is 19.4 Å². The number of hydrogen-bond donors (Lipinski definition) is 1. The smallest absolute Gasteiger partial charge is 0.361 e. The summed E-state index contributed by atoms with van der Waals surface area (Å²) >= 11 is 0. The van der Waals surface area contributed by atoms with Crippen LogP contribution in [0.25, 0.3) is 5.95 Å². The van der Waals surface area contributed by atoms with Gasteiger partial charge in [0.15, 0.2) is 5.69 Å². The number of carbonyl (C=O) groups is 1. The van der Waals surface area contributed by atoms with Crippen molar-refractivity contribution in [3.8, 4) is 5.95 Å². The first-order valence-corrected chi connectivity index (χ1v) is 5.02. The SMILES string of the molecule is CCOC(=O)c1nn(-c2ncccn2)cc1N. The van der Waals surface area contributed by atoms with Gasteiger partial charge >= 0.3 is 5.97 Å². The van der Waals surface area contributed by atoms with Crippen molar-refractivity contribution in [3.05, 3.63) is 30.4 Å². The van der Waals surface area contributed by atoms with Crippen molar-refractivity contribution < 1.29 is 9.53 Å². The van der Waals surface area contributed by atoms with Crippen LogP contribution in [0.5, 0.6) is 0 Å². The molecule has 88 valence electrons. The summed E-state index contributed by atoms with van der Waals surface area (Å²) in [5.41, 5.74) is 5.97. The molecule has 7 heteroatoms. The van der Waals surface area contributed by atoms with Gasteiger partial charge in [0.05, 0.1) is 18.5 Å². The average molecular weight is 233 g/mol. The number of hydrogen-bond acceptors (Lipinski definition) is 6. The van der Waals surface area contributed by atoms with E-state index >= 15 is 0 Å². The highest BCUT2D eigenvalue weighted by Crippen LogP contribution is 2.12. The summed E-state index contributed by atoms with van der Waals surface area (Å²) in [7, 11) is 0. The van der Waals surface area contributed by atoms with E-state index in [9.17, 15) is 4.79 Å². The number of ether oxygens (including phenoxy) is 1. The molecular weight excluding hydrogens is 222 g/mol. The molecule has 0 saturated heterocycles. The Labute approximate surface area is 97.2 Å². The number of anilines is 1. The molecule has 2 heterocycles. The van der Waals surface area contributed by atoms with Crippen LogP contribution in [0.1, 0.15) is 17.4 Å². The first kappa shape index (κ1) is 11.1. The number of esters is 1. The summed E-state index contributed by atoms with van der Waals surface area (Å²) in [5.74, 6) is -0.213.